The van der Waals surface area contributed by atoms with Crippen LogP contribution in [0.2, 0.25) is 0 Å². The molecule has 0 unspecified atom stereocenters. The second-order valence-electron chi connectivity index (χ2n) is 3.99. The fourth-order valence-electron chi connectivity index (χ4n) is 1.38. The molecule has 0 aliphatic heterocycles. The zero-order chi connectivity index (χ0) is 12.1. The summed E-state index contributed by atoms with van der Waals surface area (Å²) >= 11 is 1.72. The van der Waals surface area contributed by atoms with Crippen molar-refractivity contribution in [1.29, 1.82) is 5.26 Å². The Morgan fingerprint density at radius 1 is 1.44 bits per heavy atom. The fourth-order valence-corrected chi connectivity index (χ4v) is 2.65. The van der Waals surface area contributed by atoms with E-state index in [4.69, 9.17) is 5.26 Å². The highest BCUT2D eigenvalue weighted by molar-refractivity contribution is 7.99. The fraction of sp³-hybridized carbons (Fsp3) is 0.500. The Hall–Kier alpha value is -1.05. The first-order valence-electron chi connectivity index (χ1n) is 5.20. The van der Waals surface area contributed by atoms with Gasteiger partial charge in [-0.2, -0.15) is 5.26 Å². The van der Waals surface area contributed by atoms with E-state index in [2.05, 4.69) is 30.0 Å². The van der Waals surface area contributed by atoms with Crippen LogP contribution in [-0.2, 0) is 0 Å². The average molecular weight is 235 g/mol. The lowest BCUT2D eigenvalue weighted by Crippen LogP contribution is -2.14. The van der Waals surface area contributed by atoms with Gasteiger partial charge in [-0.15, -0.1) is 11.8 Å². The summed E-state index contributed by atoms with van der Waals surface area (Å²) in [6, 6.07) is 4.22. The number of pyridine rings is 1. The topological polar surface area (TPSA) is 39.9 Å². The van der Waals surface area contributed by atoms with Crippen molar-refractivity contribution in [1.82, 2.24) is 9.88 Å². The van der Waals surface area contributed by atoms with Crippen LogP contribution in [0.4, 0.5) is 0 Å². The highest BCUT2D eigenvalue weighted by Gasteiger charge is 2.08. The van der Waals surface area contributed by atoms with Crippen LogP contribution in [0.5, 0.6) is 0 Å². The van der Waals surface area contributed by atoms with Gasteiger partial charge in [-0.05, 0) is 34.0 Å². The molecule has 0 spiro atoms. The molecule has 0 bridgehead atoms. The SMILES string of the molecule is Cc1cc(SCCN(C)C)c(C#N)c(C)n1. The number of nitriles is 1. The molecule has 16 heavy (non-hydrogen) atoms. The van der Waals surface area contributed by atoms with Gasteiger partial charge in [-0.3, -0.25) is 4.98 Å². The third-order valence-electron chi connectivity index (χ3n) is 2.20. The lowest BCUT2D eigenvalue weighted by atomic mass is 10.2. The van der Waals surface area contributed by atoms with Gasteiger partial charge in [0.25, 0.3) is 0 Å². The summed E-state index contributed by atoms with van der Waals surface area (Å²) in [4.78, 5) is 7.49. The molecule has 1 heterocycles. The van der Waals surface area contributed by atoms with Crippen LogP contribution in [-0.4, -0.2) is 36.3 Å². The lowest BCUT2D eigenvalue weighted by molar-refractivity contribution is 0.437. The first kappa shape index (κ1) is 13.0. The summed E-state index contributed by atoms with van der Waals surface area (Å²) < 4.78 is 0. The molecule has 0 fully saturated rings. The first-order chi connectivity index (χ1) is 7.54. The summed E-state index contributed by atoms with van der Waals surface area (Å²) in [5.74, 6) is 0.991. The predicted molar refractivity (Wildman–Crippen MR) is 67.7 cm³/mol. The maximum Gasteiger partial charge on any atom is 0.102 e. The van der Waals surface area contributed by atoms with Gasteiger partial charge in [0, 0.05) is 22.9 Å². The van der Waals surface area contributed by atoms with Crippen LogP contribution in [0.25, 0.3) is 0 Å². The van der Waals surface area contributed by atoms with Crippen molar-refractivity contribution < 1.29 is 0 Å². The Morgan fingerprint density at radius 3 is 2.69 bits per heavy atom. The van der Waals surface area contributed by atoms with Gasteiger partial charge in [0.1, 0.15) is 6.07 Å². The molecule has 0 atom stereocenters. The molecular formula is C12H17N3S. The molecule has 1 aromatic rings. The van der Waals surface area contributed by atoms with Crippen LogP contribution in [0.15, 0.2) is 11.0 Å². The maximum absolute atomic E-state index is 9.08. The first-order valence-corrected chi connectivity index (χ1v) is 6.19. The van der Waals surface area contributed by atoms with E-state index in [0.717, 1.165) is 28.6 Å². The van der Waals surface area contributed by atoms with E-state index in [0.29, 0.717) is 5.56 Å². The predicted octanol–water partition coefficient (Wildman–Crippen LogP) is 2.22. The van der Waals surface area contributed by atoms with E-state index in [1.165, 1.54) is 0 Å². The molecule has 3 nitrogen and oxygen atoms in total. The second kappa shape index (κ2) is 5.88. The Balaban J connectivity index is 2.82. The van der Waals surface area contributed by atoms with Gasteiger partial charge < -0.3 is 4.90 Å². The summed E-state index contributed by atoms with van der Waals surface area (Å²) in [6.45, 7) is 4.86. The van der Waals surface area contributed by atoms with Gasteiger partial charge in [0.05, 0.1) is 11.3 Å². The summed E-state index contributed by atoms with van der Waals surface area (Å²) in [5, 5.41) is 9.08. The minimum atomic E-state index is 0.717. The molecule has 86 valence electrons. The van der Waals surface area contributed by atoms with Crippen molar-refractivity contribution in [3.05, 3.63) is 23.0 Å². The number of aryl methyl sites for hydroxylation is 2. The third-order valence-corrected chi connectivity index (χ3v) is 3.22. The van der Waals surface area contributed by atoms with Gasteiger partial charge in [-0.25, -0.2) is 0 Å². The highest BCUT2D eigenvalue weighted by Crippen LogP contribution is 2.24. The summed E-state index contributed by atoms with van der Waals surface area (Å²) in [5.41, 5.74) is 2.52. The number of hydrogen-bond donors (Lipinski definition) is 0. The van der Waals surface area contributed by atoms with Crippen molar-refractivity contribution in [3.63, 3.8) is 0 Å². The van der Waals surface area contributed by atoms with Crippen LogP contribution in [0.3, 0.4) is 0 Å². The second-order valence-corrected chi connectivity index (χ2v) is 5.12. The molecule has 0 aliphatic carbocycles. The van der Waals surface area contributed by atoms with Crippen molar-refractivity contribution in [3.8, 4) is 6.07 Å². The van der Waals surface area contributed by atoms with E-state index >= 15 is 0 Å². The van der Waals surface area contributed by atoms with Gasteiger partial charge in [-0.1, -0.05) is 0 Å². The largest absolute Gasteiger partial charge is 0.309 e. The maximum atomic E-state index is 9.08. The molecule has 0 amide bonds. The third kappa shape index (κ3) is 3.51. The number of rotatable bonds is 4. The van der Waals surface area contributed by atoms with Crippen LogP contribution >= 0.6 is 11.8 Å². The zero-order valence-corrected chi connectivity index (χ0v) is 11.1. The van der Waals surface area contributed by atoms with Crippen molar-refractivity contribution in [2.45, 2.75) is 18.7 Å². The molecule has 0 aromatic carbocycles. The van der Waals surface area contributed by atoms with Gasteiger partial charge >= 0.3 is 0 Å². The van der Waals surface area contributed by atoms with E-state index in [1.807, 2.05) is 19.9 Å². The number of nitrogens with zero attached hydrogens (tertiary/aromatic N) is 3. The van der Waals surface area contributed by atoms with Gasteiger partial charge in [0.15, 0.2) is 0 Å². The zero-order valence-electron chi connectivity index (χ0n) is 10.2. The smallest absolute Gasteiger partial charge is 0.102 e. The van der Waals surface area contributed by atoms with Crippen LogP contribution < -0.4 is 0 Å². The monoisotopic (exact) mass is 235 g/mol. The summed E-state index contributed by atoms with van der Waals surface area (Å²) in [7, 11) is 4.10. The highest BCUT2D eigenvalue weighted by atomic mass is 32.2. The minimum Gasteiger partial charge on any atom is -0.309 e. The number of thioether (sulfide) groups is 1. The Labute approximate surface area is 101 Å². The van der Waals surface area contributed by atoms with Gasteiger partial charge in [0.2, 0.25) is 0 Å². The Kier molecular flexibility index (Phi) is 4.78. The molecule has 0 radical (unpaired) electrons. The Morgan fingerprint density at radius 2 is 2.12 bits per heavy atom. The van der Waals surface area contributed by atoms with Crippen molar-refractivity contribution >= 4 is 11.8 Å². The standard InChI is InChI=1S/C12H17N3S/c1-9-7-12(16-6-5-15(3)4)11(8-13)10(2)14-9/h7H,5-6H2,1-4H3. The van der Waals surface area contributed by atoms with E-state index in [9.17, 15) is 0 Å². The molecule has 0 saturated heterocycles. The molecule has 1 rings (SSSR count). The van der Waals surface area contributed by atoms with E-state index in [-0.39, 0.29) is 0 Å². The lowest BCUT2D eigenvalue weighted by Gasteiger charge is -2.10. The van der Waals surface area contributed by atoms with Crippen LogP contribution in [0, 0.1) is 25.2 Å². The molecule has 1 aromatic heterocycles. The Bertz CT molecular complexity index is 407. The van der Waals surface area contributed by atoms with E-state index in [1.54, 1.807) is 11.8 Å². The van der Waals surface area contributed by atoms with Crippen molar-refractivity contribution in [2.75, 3.05) is 26.4 Å². The molecular weight excluding hydrogens is 218 g/mol. The summed E-state index contributed by atoms with van der Waals surface area (Å²) in [6.07, 6.45) is 0. The molecule has 0 aliphatic rings. The number of hydrogen-bond acceptors (Lipinski definition) is 4. The normalized spacial score (nSPS) is 10.5. The van der Waals surface area contributed by atoms with E-state index < -0.39 is 0 Å². The quantitative estimate of drug-likeness (QED) is 0.750. The van der Waals surface area contributed by atoms with Crippen LogP contribution in [0.1, 0.15) is 17.0 Å². The van der Waals surface area contributed by atoms with Crippen molar-refractivity contribution in [2.24, 2.45) is 0 Å². The molecule has 4 heteroatoms. The average Bonchev–Trinajstić information content (AvgIpc) is 2.16. The minimum absolute atomic E-state index is 0.717. The molecule has 0 saturated carbocycles. The molecule has 0 N–H and O–H groups in total. The number of aromatic nitrogens is 1.